The van der Waals surface area contributed by atoms with Gasteiger partial charge in [0.1, 0.15) is 0 Å². The number of piperidine rings is 1. The van der Waals surface area contributed by atoms with E-state index in [1.54, 1.807) is 0 Å². The highest BCUT2D eigenvalue weighted by Gasteiger charge is 2.23. The summed E-state index contributed by atoms with van der Waals surface area (Å²) in [5, 5.41) is 3.78. The van der Waals surface area contributed by atoms with Gasteiger partial charge in [-0.3, -0.25) is 4.21 Å². The second-order valence-corrected chi connectivity index (χ2v) is 7.10. The van der Waals surface area contributed by atoms with E-state index in [0.29, 0.717) is 12.1 Å². The minimum Gasteiger partial charge on any atom is -0.311 e. The molecule has 2 fully saturated rings. The molecular weight excluding hydrogens is 232 g/mol. The van der Waals surface area contributed by atoms with Crippen molar-refractivity contribution in [3.63, 3.8) is 0 Å². The summed E-state index contributed by atoms with van der Waals surface area (Å²) in [5.74, 6) is 1.82. The van der Waals surface area contributed by atoms with Crippen LogP contribution in [0, 0.1) is 0 Å². The quantitative estimate of drug-likeness (QED) is 0.826. The molecule has 0 radical (unpaired) electrons. The number of nitrogens with one attached hydrogen (secondary N) is 1. The van der Waals surface area contributed by atoms with Crippen LogP contribution in [0.4, 0.5) is 0 Å². The van der Waals surface area contributed by atoms with Crippen LogP contribution in [-0.4, -0.2) is 52.3 Å². The first kappa shape index (κ1) is 13.5. The van der Waals surface area contributed by atoms with Crippen molar-refractivity contribution >= 4 is 10.8 Å². The predicted octanol–water partition coefficient (Wildman–Crippen LogP) is 1.36. The van der Waals surface area contributed by atoms with Gasteiger partial charge in [-0.1, -0.05) is 6.92 Å². The molecule has 2 aliphatic rings. The van der Waals surface area contributed by atoms with Crippen LogP contribution in [0.1, 0.15) is 39.0 Å². The molecule has 0 bridgehead atoms. The molecule has 2 aliphatic heterocycles. The van der Waals surface area contributed by atoms with Crippen molar-refractivity contribution < 1.29 is 4.21 Å². The molecule has 17 heavy (non-hydrogen) atoms. The maximum absolute atomic E-state index is 11.3. The van der Waals surface area contributed by atoms with E-state index in [1.165, 1.54) is 38.9 Å². The molecule has 0 atom stereocenters. The molecule has 100 valence electrons. The largest absolute Gasteiger partial charge is 0.311 e. The van der Waals surface area contributed by atoms with Gasteiger partial charge >= 0.3 is 0 Å². The second kappa shape index (κ2) is 6.86. The van der Waals surface area contributed by atoms with Gasteiger partial charge in [-0.05, 0) is 51.7 Å². The lowest BCUT2D eigenvalue weighted by Gasteiger charge is -2.35. The molecule has 0 saturated carbocycles. The fourth-order valence-corrected chi connectivity index (χ4v) is 4.23. The van der Waals surface area contributed by atoms with E-state index in [9.17, 15) is 4.21 Å². The molecule has 2 rings (SSSR count). The maximum Gasteiger partial charge on any atom is 0.0249 e. The Morgan fingerprint density at radius 3 is 2.29 bits per heavy atom. The SMILES string of the molecule is CCCN1CCC(NC2CCS(=O)CC2)CC1. The lowest BCUT2D eigenvalue weighted by molar-refractivity contribution is 0.189. The minimum absolute atomic E-state index is 0.524. The summed E-state index contributed by atoms with van der Waals surface area (Å²) in [6, 6.07) is 1.34. The van der Waals surface area contributed by atoms with Crippen LogP contribution in [0.15, 0.2) is 0 Å². The highest BCUT2D eigenvalue weighted by atomic mass is 32.2. The van der Waals surface area contributed by atoms with Crippen molar-refractivity contribution in [2.24, 2.45) is 0 Å². The van der Waals surface area contributed by atoms with Crippen LogP contribution >= 0.6 is 0 Å². The Balaban J connectivity index is 1.66. The zero-order chi connectivity index (χ0) is 12.1. The molecule has 4 heteroatoms. The van der Waals surface area contributed by atoms with E-state index < -0.39 is 10.8 Å². The smallest absolute Gasteiger partial charge is 0.0249 e. The van der Waals surface area contributed by atoms with Crippen molar-refractivity contribution in [3.05, 3.63) is 0 Å². The lowest BCUT2D eigenvalue weighted by atomic mass is 10.0. The van der Waals surface area contributed by atoms with E-state index in [4.69, 9.17) is 0 Å². The third-order valence-electron chi connectivity index (χ3n) is 3.99. The standard InChI is InChI=1S/C13H26N2OS/c1-2-7-15-8-3-12(4-9-15)14-13-5-10-17(16)11-6-13/h12-14H,2-11H2,1H3. The Kier molecular flexibility index (Phi) is 5.45. The monoisotopic (exact) mass is 258 g/mol. The van der Waals surface area contributed by atoms with E-state index in [0.717, 1.165) is 24.3 Å². The number of nitrogens with zero attached hydrogens (tertiary/aromatic N) is 1. The molecule has 3 nitrogen and oxygen atoms in total. The van der Waals surface area contributed by atoms with E-state index >= 15 is 0 Å². The fraction of sp³-hybridized carbons (Fsp3) is 1.00. The molecule has 0 aromatic carbocycles. The number of hydrogen-bond donors (Lipinski definition) is 1. The molecule has 0 aliphatic carbocycles. The van der Waals surface area contributed by atoms with Gasteiger partial charge < -0.3 is 10.2 Å². The normalized spacial score (nSPS) is 32.8. The van der Waals surface area contributed by atoms with Crippen LogP contribution in [0.25, 0.3) is 0 Å². The van der Waals surface area contributed by atoms with Crippen LogP contribution in [0.2, 0.25) is 0 Å². The van der Waals surface area contributed by atoms with Gasteiger partial charge in [0.05, 0.1) is 0 Å². The molecule has 1 N–H and O–H groups in total. The average molecular weight is 258 g/mol. The van der Waals surface area contributed by atoms with E-state index in [-0.39, 0.29) is 0 Å². The molecular formula is C13H26N2OS. The Morgan fingerprint density at radius 2 is 1.71 bits per heavy atom. The Labute approximate surface area is 108 Å². The summed E-state index contributed by atoms with van der Waals surface area (Å²) in [6.07, 6.45) is 6.08. The summed E-state index contributed by atoms with van der Waals surface area (Å²) in [7, 11) is -0.524. The molecule has 0 unspecified atom stereocenters. The average Bonchev–Trinajstić information content (AvgIpc) is 2.35. The molecule has 0 amide bonds. The molecule has 0 aromatic heterocycles. The zero-order valence-corrected chi connectivity index (χ0v) is 11.8. The van der Waals surface area contributed by atoms with Crippen molar-refractivity contribution in [2.45, 2.75) is 51.1 Å². The highest BCUT2D eigenvalue weighted by Crippen LogP contribution is 2.15. The zero-order valence-electron chi connectivity index (χ0n) is 11.0. The first-order valence-electron chi connectivity index (χ1n) is 7.11. The van der Waals surface area contributed by atoms with Crippen LogP contribution in [-0.2, 0) is 10.8 Å². The van der Waals surface area contributed by atoms with Gasteiger partial charge in [-0.25, -0.2) is 0 Å². The Morgan fingerprint density at radius 1 is 1.12 bits per heavy atom. The van der Waals surface area contributed by atoms with Gasteiger partial charge in [-0.15, -0.1) is 0 Å². The summed E-state index contributed by atoms with van der Waals surface area (Å²) in [6.45, 7) is 6.02. The number of likely N-dealkylation sites (tertiary alicyclic amines) is 1. The summed E-state index contributed by atoms with van der Waals surface area (Å²) >= 11 is 0. The summed E-state index contributed by atoms with van der Waals surface area (Å²) in [4.78, 5) is 2.58. The Bertz CT molecular complexity index is 242. The van der Waals surface area contributed by atoms with Crippen molar-refractivity contribution in [1.29, 1.82) is 0 Å². The highest BCUT2D eigenvalue weighted by molar-refractivity contribution is 7.85. The number of rotatable bonds is 4. The van der Waals surface area contributed by atoms with Gasteiger partial charge in [-0.2, -0.15) is 0 Å². The first-order valence-corrected chi connectivity index (χ1v) is 8.60. The van der Waals surface area contributed by atoms with Gasteiger partial charge in [0.25, 0.3) is 0 Å². The summed E-state index contributed by atoms with van der Waals surface area (Å²) in [5.41, 5.74) is 0. The van der Waals surface area contributed by atoms with Gasteiger partial charge in [0.15, 0.2) is 0 Å². The Hall–Kier alpha value is 0.0700. The molecule has 2 heterocycles. The predicted molar refractivity (Wildman–Crippen MR) is 73.8 cm³/mol. The first-order chi connectivity index (χ1) is 8.28. The van der Waals surface area contributed by atoms with Crippen molar-refractivity contribution in [3.8, 4) is 0 Å². The third kappa shape index (κ3) is 4.34. The van der Waals surface area contributed by atoms with E-state index in [1.807, 2.05) is 0 Å². The summed E-state index contributed by atoms with van der Waals surface area (Å²) < 4.78 is 11.3. The van der Waals surface area contributed by atoms with Crippen LogP contribution < -0.4 is 5.32 Å². The maximum atomic E-state index is 11.3. The van der Waals surface area contributed by atoms with Crippen molar-refractivity contribution in [1.82, 2.24) is 10.2 Å². The topological polar surface area (TPSA) is 32.3 Å². The fourth-order valence-electron chi connectivity index (χ4n) is 2.93. The van der Waals surface area contributed by atoms with Gasteiger partial charge in [0.2, 0.25) is 0 Å². The van der Waals surface area contributed by atoms with Gasteiger partial charge in [0, 0.05) is 34.4 Å². The van der Waals surface area contributed by atoms with Crippen molar-refractivity contribution in [2.75, 3.05) is 31.1 Å². The molecule has 2 saturated heterocycles. The molecule has 0 spiro atoms. The minimum atomic E-state index is -0.524. The van der Waals surface area contributed by atoms with E-state index in [2.05, 4.69) is 17.1 Å². The van der Waals surface area contributed by atoms with Crippen LogP contribution in [0.5, 0.6) is 0 Å². The number of hydrogen-bond acceptors (Lipinski definition) is 3. The second-order valence-electron chi connectivity index (χ2n) is 5.40. The molecule has 0 aromatic rings. The third-order valence-corrected chi connectivity index (χ3v) is 5.37. The lowest BCUT2D eigenvalue weighted by Crippen LogP contribution is -2.47. The van der Waals surface area contributed by atoms with Crippen LogP contribution in [0.3, 0.4) is 0 Å².